The lowest BCUT2D eigenvalue weighted by Crippen LogP contribution is -2.47. The Hall–Kier alpha value is -2.31. The average molecular weight is 381 g/mol. The van der Waals surface area contributed by atoms with Gasteiger partial charge in [0.2, 0.25) is 0 Å². The summed E-state index contributed by atoms with van der Waals surface area (Å²) in [5.41, 5.74) is -0.266. The predicted octanol–water partition coefficient (Wildman–Crippen LogP) is 3.74. The zero-order valence-corrected chi connectivity index (χ0v) is 16.6. The molecule has 0 spiro atoms. The van der Waals surface area contributed by atoms with Gasteiger partial charge in [0.1, 0.15) is 17.2 Å². The van der Waals surface area contributed by atoms with Crippen molar-refractivity contribution in [3.63, 3.8) is 0 Å². The summed E-state index contributed by atoms with van der Waals surface area (Å²) in [5, 5.41) is 0. The van der Waals surface area contributed by atoms with Crippen LogP contribution in [-0.2, 0) is 14.3 Å². The molecule has 0 aromatic heterocycles. The Balaban J connectivity index is 2.30. The molecule has 1 fully saturated rings. The molecule has 6 nitrogen and oxygen atoms in total. The average Bonchev–Trinajstić information content (AvgIpc) is 2.59. The molecule has 0 saturated carbocycles. The summed E-state index contributed by atoms with van der Waals surface area (Å²) in [6.07, 6.45) is -0.0856. The van der Waals surface area contributed by atoms with Gasteiger partial charge in [0.15, 0.2) is 0 Å². The van der Waals surface area contributed by atoms with Gasteiger partial charge >= 0.3 is 12.1 Å². The van der Waals surface area contributed by atoms with Gasteiger partial charge in [-0.1, -0.05) is 6.07 Å². The SMILES string of the molecule is CCOC(=O)C1CCN(C(=O)OC(C)(C)C)C[C@H]1c1ccc(OC)cc1F. The van der Waals surface area contributed by atoms with E-state index in [0.29, 0.717) is 24.3 Å². The van der Waals surface area contributed by atoms with E-state index in [9.17, 15) is 14.0 Å². The fourth-order valence-electron chi connectivity index (χ4n) is 3.23. The van der Waals surface area contributed by atoms with Crippen molar-refractivity contribution in [3.05, 3.63) is 29.6 Å². The molecule has 1 aromatic carbocycles. The fraction of sp³-hybridized carbons (Fsp3) is 0.600. The number of likely N-dealkylation sites (tertiary alicyclic amines) is 1. The predicted molar refractivity (Wildman–Crippen MR) is 98.2 cm³/mol. The number of hydrogen-bond acceptors (Lipinski definition) is 5. The topological polar surface area (TPSA) is 65.1 Å². The first-order chi connectivity index (χ1) is 12.7. The molecule has 1 heterocycles. The highest BCUT2D eigenvalue weighted by atomic mass is 19.1. The second kappa shape index (κ2) is 8.59. The van der Waals surface area contributed by atoms with Crippen LogP contribution in [0.2, 0.25) is 0 Å². The van der Waals surface area contributed by atoms with Crippen LogP contribution in [0.4, 0.5) is 9.18 Å². The second-order valence-corrected chi connectivity index (χ2v) is 7.57. The minimum Gasteiger partial charge on any atom is -0.497 e. The number of halogens is 1. The molecule has 0 N–H and O–H groups in total. The summed E-state index contributed by atoms with van der Waals surface area (Å²) in [7, 11) is 1.46. The first-order valence-corrected chi connectivity index (χ1v) is 9.14. The number of benzene rings is 1. The summed E-state index contributed by atoms with van der Waals surface area (Å²) in [5.74, 6) is -1.49. The van der Waals surface area contributed by atoms with Crippen molar-refractivity contribution < 1.29 is 28.2 Å². The molecule has 150 valence electrons. The molecule has 1 aliphatic rings. The second-order valence-electron chi connectivity index (χ2n) is 7.57. The van der Waals surface area contributed by atoms with Gasteiger partial charge in [-0.15, -0.1) is 0 Å². The van der Waals surface area contributed by atoms with E-state index in [1.54, 1.807) is 39.8 Å². The minimum absolute atomic E-state index is 0.182. The van der Waals surface area contributed by atoms with Crippen molar-refractivity contribution in [2.24, 2.45) is 5.92 Å². The third-order valence-corrected chi connectivity index (χ3v) is 4.46. The van der Waals surface area contributed by atoms with Gasteiger partial charge in [-0.05, 0) is 45.7 Å². The van der Waals surface area contributed by atoms with Crippen molar-refractivity contribution in [2.75, 3.05) is 26.8 Å². The van der Waals surface area contributed by atoms with Crippen molar-refractivity contribution in [3.8, 4) is 5.75 Å². The molecular formula is C20H28FNO5. The number of carbonyl (C=O) groups is 2. The van der Waals surface area contributed by atoms with E-state index in [-0.39, 0.29) is 19.1 Å². The zero-order chi connectivity index (χ0) is 20.2. The van der Waals surface area contributed by atoms with Crippen LogP contribution in [0.1, 0.15) is 45.6 Å². The molecule has 2 atom stereocenters. The standard InChI is InChI=1S/C20H28FNO5/c1-6-26-18(23)15-9-10-22(19(24)27-20(2,3)4)12-16(15)14-8-7-13(25-5)11-17(14)21/h7-8,11,15-16H,6,9-10,12H2,1-5H3/t15?,16-/m0/s1. The van der Waals surface area contributed by atoms with Gasteiger partial charge in [0.05, 0.1) is 19.6 Å². The molecule has 1 aromatic rings. The number of piperidine rings is 1. The van der Waals surface area contributed by atoms with Crippen LogP contribution in [0.15, 0.2) is 18.2 Å². The van der Waals surface area contributed by atoms with Crippen molar-refractivity contribution in [1.29, 1.82) is 0 Å². The fourth-order valence-corrected chi connectivity index (χ4v) is 3.23. The molecule has 0 aliphatic carbocycles. The molecule has 1 amide bonds. The van der Waals surface area contributed by atoms with Crippen LogP contribution >= 0.6 is 0 Å². The third-order valence-electron chi connectivity index (χ3n) is 4.46. The molecule has 1 saturated heterocycles. The molecule has 0 radical (unpaired) electrons. The number of ether oxygens (including phenoxy) is 3. The highest BCUT2D eigenvalue weighted by Gasteiger charge is 2.39. The van der Waals surface area contributed by atoms with E-state index in [4.69, 9.17) is 14.2 Å². The van der Waals surface area contributed by atoms with Crippen LogP contribution in [0.3, 0.4) is 0 Å². The first-order valence-electron chi connectivity index (χ1n) is 9.14. The lowest BCUT2D eigenvalue weighted by molar-refractivity contribution is -0.150. The lowest BCUT2D eigenvalue weighted by atomic mass is 9.80. The van der Waals surface area contributed by atoms with E-state index in [1.807, 2.05) is 0 Å². The van der Waals surface area contributed by atoms with E-state index in [2.05, 4.69) is 0 Å². The van der Waals surface area contributed by atoms with E-state index in [0.717, 1.165) is 0 Å². The molecule has 0 bridgehead atoms. The highest BCUT2D eigenvalue weighted by molar-refractivity contribution is 5.75. The summed E-state index contributed by atoms with van der Waals surface area (Å²) >= 11 is 0. The summed E-state index contributed by atoms with van der Waals surface area (Å²) in [6, 6.07) is 4.53. The maximum atomic E-state index is 14.7. The highest BCUT2D eigenvalue weighted by Crippen LogP contribution is 2.36. The Morgan fingerprint density at radius 3 is 2.56 bits per heavy atom. The Morgan fingerprint density at radius 2 is 2.00 bits per heavy atom. The monoisotopic (exact) mass is 381 g/mol. The van der Waals surface area contributed by atoms with E-state index >= 15 is 0 Å². The van der Waals surface area contributed by atoms with Gasteiger partial charge < -0.3 is 19.1 Å². The lowest BCUT2D eigenvalue weighted by Gasteiger charge is -2.38. The van der Waals surface area contributed by atoms with Crippen LogP contribution < -0.4 is 4.74 Å². The number of nitrogens with zero attached hydrogens (tertiary/aromatic N) is 1. The van der Waals surface area contributed by atoms with Gasteiger partial charge in [0, 0.05) is 25.1 Å². The summed E-state index contributed by atoms with van der Waals surface area (Å²) < 4.78 is 30.3. The molecule has 2 rings (SSSR count). The van der Waals surface area contributed by atoms with Gasteiger partial charge in [-0.25, -0.2) is 9.18 Å². The van der Waals surface area contributed by atoms with Crippen LogP contribution in [-0.4, -0.2) is 49.4 Å². The molecule has 1 aliphatic heterocycles. The molecular weight excluding hydrogens is 353 g/mol. The Morgan fingerprint density at radius 1 is 1.30 bits per heavy atom. The number of methoxy groups -OCH3 is 1. The zero-order valence-electron chi connectivity index (χ0n) is 16.6. The van der Waals surface area contributed by atoms with Gasteiger partial charge in [-0.2, -0.15) is 0 Å². The normalized spacial score (nSPS) is 20.1. The number of amides is 1. The van der Waals surface area contributed by atoms with Gasteiger partial charge in [0.25, 0.3) is 0 Å². The van der Waals surface area contributed by atoms with Crippen LogP contribution in [0.25, 0.3) is 0 Å². The molecule has 1 unspecified atom stereocenters. The Kier molecular flexibility index (Phi) is 6.68. The molecule has 27 heavy (non-hydrogen) atoms. The van der Waals surface area contributed by atoms with E-state index in [1.165, 1.54) is 18.1 Å². The molecule has 7 heteroatoms. The summed E-state index contributed by atoms with van der Waals surface area (Å²) in [4.78, 5) is 26.4. The quantitative estimate of drug-likeness (QED) is 0.744. The Labute approximate surface area is 159 Å². The van der Waals surface area contributed by atoms with Crippen molar-refractivity contribution in [1.82, 2.24) is 4.90 Å². The third kappa shape index (κ3) is 5.34. The number of hydrogen-bond donors (Lipinski definition) is 0. The smallest absolute Gasteiger partial charge is 0.410 e. The Bertz CT molecular complexity index is 685. The largest absolute Gasteiger partial charge is 0.497 e. The first kappa shape index (κ1) is 21.0. The van der Waals surface area contributed by atoms with Crippen molar-refractivity contribution >= 4 is 12.1 Å². The van der Waals surface area contributed by atoms with Crippen LogP contribution in [0.5, 0.6) is 5.75 Å². The maximum Gasteiger partial charge on any atom is 0.410 e. The number of rotatable bonds is 4. The maximum absolute atomic E-state index is 14.7. The minimum atomic E-state index is -0.629. The van der Waals surface area contributed by atoms with Gasteiger partial charge in [-0.3, -0.25) is 4.79 Å². The number of carbonyl (C=O) groups excluding carboxylic acids is 2. The number of esters is 1. The summed E-state index contributed by atoms with van der Waals surface area (Å²) in [6.45, 7) is 7.89. The van der Waals surface area contributed by atoms with Crippen LogP contribution in [0, 0.1) is 11.7 Å². The van der Waals surface area contributed by atoms with Crippen molar-refractivity contribution in [2.45, 2.75) is 45.6 Å². The van der Waals surface area contributed by atoms with E-state index < -0.39 is 29.3 Å².